The zero-order valence-electron chi connectivity index (χ0n) is 10.6. The van der Waals surface area contributed by atoms with E-state index in [4.69, 9.17) is 32.7 Å². The predicted octanol–water partition coefficient (Wildman–Crippen LogP) is 4.27. The molecule has 1 aliphatic carbocycles. The van der Waals surface area contributed by atoms with Gasteiger partial charge in [0.25, 0.3) is 0 Å². The lowest BCUT2D eigenvalue weighted by Gasteiger charge is -2.40. The standard InChI is InChI=1S/C14H12Cl2INO2/c1-19-13-9(16)6-11(13)20-14-10(17)5-8(15)7-3-2-4-18-12(7)14/h2-5,9,11,13H,6H2,1H3. The molecular weight excluding hydrogens is 412 g/mol. The topological polar surface area (TPSA) is 31.4 Å². The third kappa shape index (κ3) is 2.47. The lowest BCUT2D eigenvalue weighted by Crippen LogP contribution is -2.52. The number of alkyl halides is 1. The van der Waals surface area contributed by atoms with Gasteiger partial charge in [0, 0.05) is 25.1 Å². The van der Waals surface area contributed by atoms with E-state index in [1.165, 1.54) is 0 Å². The maximum Gasteiger partial charge on any atom is 0.159 e. The van der Waals surface area contributed by atoms with E-state index in [1.807, 2.05) is 18.2 Å². The Bertz CT molecular complexity index is 652. The highest BCUT2D eigenvalue weighted by Crippen LogP contribution is 2.39. The number of ether oxygens (including phenoxy) is 2. The first-order valence-electron chi connectivity index (χ1n) is 6.18. The normalized spacial score (nSPS) is 25.5. The van der Waals surface area contributed by atoms with Crippen LogP contribution in [-0.4, -0.2) is 29.7 Å². The molecule has 0 radical (unpaired) electrons. The maximum atomic E-state index is 6.25. The predicted molar refractivity (Wildman–Crippen MR) is 88.9 cm³/mol. The van der Waals surface area contributed by atoms with Crippen molar-refractivity contribution < 1.29 is 9.47 Å². The molecule has 6 heteroatoms. The summed E-state index contributed by atoms with van der Waals surface area (Å²) >= 11 is 14.6. The molecule has 0 saturated heterocycles. The molecule has 1 fully saturated rings. The SMILES string of the molecule is COC1C(Cl)CC1Oc1c(I)cc(Cl)c2cccnc12. The van der Waals surface area contributed by atoms with Gasteiger partial charge in [-0.3, -0.25) is 4.98 Å². The minimum absolute atomic E-state index is 0.00850. The summed E-state index contributed by atoms with van der Waals surface area (Å²) in [6, 6.07) is 5.69. The van der Waals surface area contributed by atoms with E-state index in [2.05, 4.69) is 27.6 Å². The average Bonchev–Trinajstić information content (AvgIpc) is 2.42. The molecule has 0 spiro atoms. The highest BCUT2D eigenvalue weighted by Gasteiger charge is 2.42. The fourth-order valence-corrected chi connectivity index (χ4v) is 3.93. The van der Waals surface area contributed by atoms with E-state index in [0.29, 0.717) is 5.02 Å². The van der Waals surface area contributed by atoms with E-state index in [0.717, 1.165) is 26.6 Å². The first-order valence-corrected chi connectivity index (χ1v) is 8.07. The molecule has 3 unspecified atom stereocenters. The van der Waals surface area contributed by atoms with Gasteiger partial charge >= 0.3 is 0 Å². The van der Waals surface area contributed by atoms with Gasteiger partial charge in [-0.15, -0.1) is 11.6 Å². The Morgan fingerprint density at radius 1 is 1.45 bits per heavy atom. The molecule has 3 atom stereocenters. The number of rotatable bonds is 3. The molecule has 1 aromatic heterocycles. The Labute approximate surface area is 140 Å². The molecule has 0 N–H and O–H groups in total. The first kappa shape index (κ1) is 14.6. The molecule has 1 aliphatic rings. The average molecular weight is 424 g/mol. The number of halogens is 3. The largest absolute Gasteiger partial charge is 0.484 e. The van der Waals surface area contributed by atoms with E-state index in [9.17, 15) is 0 Å². The third-order valence-corrected chi connectivity index (χ3v) is 5.01. The Kier molecular flexibility index (Phi) is 4.26. The van der Waals surface area contributed by atoms with Crippen molar-refractivity contribution in [3.63, 3.8) is 0 Å². The van der Waals surface area contributed by atoms with Crippen LogP contribution in [0.5, 0.6) is 5.75 Å². The molecule has 106 valence electrons. The van der Waals surface area contributed by atoms with Gasteiger partial charge in [-0.2, -0.15) is 0 Å². The lowest BCUT2D eigenvalue weighted by molar-refractivity contribution is -0.0581. The van der Waals surface area contributed by atoms with Crippen molar-refractivity contribution in [2.24, 2.45) is 0 Å². The number of aromatic nitrogens is 1. The zero-order valence-corrected chi connectivity index (χ0v) is 14.3. The van der Waals surface area contributed by atoms with E-state index < -0.39 is 0 Å². The highest BCUT2D eigenvalue weighted by molar-refractivity contribution is 14.1. The van der Waals surface area contributed by atoms with Gasteiger partial charge in [-0.25, -0.2) is 0 Å². The Hall–Kier alpha value is -0.300. The van der Waals surface area contributed by atoms with Crippen molar-refractivity contribution in [1.29, 1.82) is 0 Å². The summed E-state index contributed by atoms with van der Waals surface area (Å²) in [4.78, 5) is 4.40. The van der Waals surface area contributed by atoms with Crippen LogP contribution >= 0.6 is 45.8 Å². The number of hydrogen-bond acceptors (Lipinski definition) is 3. The fraction of sp³-hybridized carbons (Fsp3) is 0.357. The summed E-state index contributed by atoms with van der Waals surface area (Å²) in [5, 5.41) is 1.58. The lowest BCUT2D eigenvalue weighted by atomic mass is 9.91. The van der Waals surface area contributed by atoms with Gasteiger partial charge in [0.15, 0.2) is 5.75 Å². The summed E-state index contributed by atoms with van der Waals surface area (Å²) in [6.45, 7) is 0. The molecule has 3 nitrogen and oxygen atoms in total. The summed E-state index contributed by atoms with van der Waals surface area (Å²) in [7, 11) is 1.65. The first-order chi connectivity index (χ1) is 9.61. The molecule has 0 bridgehead atoms. The van der Waals surface area contributed by atoms with Crippen LogP contribution in [0.1, 0.15) is 6.42 Å². The highest BCUT2D eigenvalue weighted by atomic mass is 127. The van der Waals surface area contributed by atoms with Gasteiger partial charge in [0.1, 0.15) is 17.7 Å². The second-order valence-corrected chi connectivity index (χ2v) is 6.81. The van der Waals surface area contributed by atoms with Crippen LogP contribution in [0.2, 0.25) is 5.02 Å². The van der Waals surface area contributed by atoms with E-state index in [-0.39, 0.29) is 17.6 Å². The van der Waals surface area contributed by atoms with Crippen molar-refractivity contribution in [2.45, 2.75) is 24.0 Å². The van der Waals surface area contributed by atoms with Gasteiger partial charge < -0.3 is 9.47 Å². The Morgan fingerprint density at radius 3 is 2.95 bits per heavy atom. The second kappa shape index (κ2) is 5.83. The van der Waals surface area contributed by atoms with Crippen LogP contribution in [-0.2, 0) is 4.74 Å². The number of hydrogen-bond donors (Lipinski definition) is 0. The zero-order chi connectivity index (χ0) is 14.3. The van der Waals surface area contributed by atoms with Crippen LogP contribution in [0.3, 0.4) is 0 Å². The third-order valence-electron chi connectivity index (χ3n) is 3.47. The Balaban J connectivity index is 1.99. The van der Waals surface area contributed by atoms with Gasteiger partial charge in [0.2, 0.25) is 0 Å². The summed E-state index contributed by atoms with van der Waals surface area (Å²) < 4.78 is 12.4. The molecule has 0 amide bonds. The quantitative estimate of drug-likeness (QED) is 0.545. The Morgan fingerprint density at radius 2 is 2.25 bits per heavy atom. The number of benzene rings is 1. The van der Waals surface area contributed by atoms with E-state index in [1.54, 1.807) is 13.3 Å². The van der Waals surface area contributed by atoms with Crippen LogP contribution in [0.4, 0.5) is 0 Å². The summed E-state index contributed by atoms with van der Waals surface area (Å²) in [5.41, 5.74) is 0.775. The molecule has 1 aromatic carbocycles. The van der Waals surface area contributed by atoms with Crippen LogP contribution in [0.15, 0.2) is 24.4 Å². The minimum atomic E-state index is -0.0816. The number of methoxy groups -OCH3 is 1. The van der Waals surface area contributed by atoms with Crippen molar-refractivity contribution in [2.75, 3.05) is 7.11 Å². The smallest absolute Gasteiger partial charge is 0.159 e. The van der Waals surface area contributed by atoms with Gasteiger partial charge in [-0.05, 0) is 40.8 Å². The fourth-order valence-electron chi connectivity index (χ4n) is 2.35. The van der Waals surface area contributed by atoms with Crippen molar-refractivity contribution in [3.8, 4) is 5.75 Å². The van der Waals surface area contributed by atoms with Gasteiger partial charge in [0.05, 0.1) is 14.0 Å². The van der Waals surface area contributed by atoms with Crippen LogP contribution < -0.4 is 4.74 Å². The second-order valence-electron chi connectivity index (χ2n) is 4.68. The van der Waals surface area contributed by atoms with Crippen LogP contribution in [0.25, 0.3) is 10.9 Å². The van der Waals surface area contributed by atoms with Crippen molar-refractivity contribution in [1.82, 2.24) is 4.98 Å². The number of pyridine rings is 1. The van der Waals surface area contributed by atoms with Crippen LogP contribution in [0, 0.1) is 3.57 Å². The molecule has 1 heterocycles. The van der Waals surface area contributed by atoms with Crippen molar-refractivity contribution >= 4 is 56.7 Å². The minimum Gasteiger partial charge on any atom is -0.484 e. The number of fused-ring (bicyclic) bond motifs is 1. The molecule has 3 rings (SSSR count). The molecule has 1 saturated carbocycles. The van der Waals surface area contributed by atoms with Gasteiger partial charge in [-0.1, -0.05) is 11.6 Å². The molecule has 2 aromatic rings. The monoisotopic (exact) mass is 423 g/mol. The molecular formula is C14H12Cl2INO2. The maximum absolute atomic E-state index is 6.25. The summed E-state index contributed by atoms with van der Waals surface area (Å²) in [6.07, 6.45) is 2.39. The van der Waals surface area contributed by atoms with Crippen molar-refractivity contribution in [3.05, 3.63) is 33.0 Å². The summed E-state index contributed by atoms with van der Waals surface area (Å²) in [5.74, 6) is 0.751. The molecule has 20 heavy (non-hydrogen) atoms. The van der Waals surface area contributed by atoms with E-state index >= 15 is 0 Å². The number of nitrogens with zero attached hydrogens (tertiary/aromatic N) is 1. The molecule has 0 aliphatic heterocycles.